The van der Waals surface area contributed by atoms with E-state index in [-0.39, 0.29) is 36.3 Å². The van der Waals surface area contributed by atoms with E-state index in [4.69, 9.17) is 9.47 Å². The number of ether oxygens (including phenoxy) is 2. The molecule has 7 nitrogen and oxygen atoms in total. The number of carbonyl (C=O) groups is 2. The first-order valence-electron chi connectivity index (χ1n) is 12.1. The Morgan fingerprint density at radius 3 is 2.71 bits per heavy atom. The minimum Gasteiger partial charge on any atom is -0.465 e. The van der Waals surface area contributed by atoms with Crippen molar-refractivity contribution >= 4 is 23.1 Å². The van der Waals surface area contributed by atoms with Crippen molar-refractivity contribution in [1.82, 2.24) is 5.32 Å². The lowest BCUT2D eigenvalue weighted by molar-refractivity contribution is -0.141. The SMILES string of the molecule is CCOC(=O)CNCC(=O)c1ccc2c(c1)CC(C)(C)C(c1cccc(N3CCOCC3)c1)N2. The number of morpholine rings is 1. The van der Waals surface area contributed by atoms with Crippen LogP contribution in [0, 0.1) is 5.41 Å². The number of Topliss-reactive ketones (excluding diaryl/α,β-unsaturated/α-hetero) is 1. The van der Waals surface area contributed by atoms with Gasteiger partial charge in [0.2, 0.25) is 0 Å². The largest absolute Gasteiger partial charge is 0.465 e. The summed E-state index contributed by atoms with van der Waals surface area (Å²) >= 11 is 0. The van der Waals surface area contributed by atoms with Gasteiger partial charge in [0.1, 0.15) is 0 Å². The van der Waals surface area contributed by atoms with E-state index < -0.39 is 0 Å². The summed E-state index contributed by atoms with van der Waals surface area (Å²) in [6.07, 6.45) is 0.860. The summed E-state index contributed by atoms with van der Waals surface area (Å²) in [5.41, 5.74) is 5.32. The molecule has 2 N–H and O–H groups in total. The number of hydrogen-bond acceptors (Lipinski definition) is 7. The van der Waals surface area contributed by atoms with Gasteiger partial charge in [-0.25, -0.2) is 0 Å². The molecule has 182 valence electrons. The lowest BCUT2D eigenvalue weighted by atomic mass is 9.72. The third-order valence-electron chi connectivity index (χ3n) is 6.59. The van der Waals surface area contributed by atoms with Crippen molar-refractivity contribution in [3.63, 3.8) is 0 Å². The van der Waals surface area contributed by atoms with Gasteiger partial charge in [0, 0.05) is 30.0 Å². The monoisotopic (exact) mass is 465 g/mol. The topological polar surface area (TPSA) is 79.9 Å². The Balaban J connectivity index is 1.47. The van der Waals surface area contributed by atoms with Gasteiger partial charge < -0.3 is 19.7 Å². The van der Waals surface area contributed by atoms with E-state index in [9.17, 15) is 9.59 Å². The molecule has 0 spiro atoms. The Kier molecular flexibility index (Phi) is 7.54. The van der Waals surface area contributed by atoms with Crippen LogP contribution < -0.4 is 15.5 Å². The van der Waals surface area contributed by atoms with E-state index in [1.54, 1.807) is 6.92 Å². The molecule has 7 heteroatoms. The van der Waals surface area contributed by atoms with Crippen molar-refractivity contribution < 1.29 is 19.1 Å². The number of nitrogens with one attached hydrogen (secondary N) is 2. The van der Waals surface area contributed by atoms with Gasteiger partial charge in [-0.3, -0.25) is 14.9 Å². The Morgan fingerprint density at radius 2 is 1.94 bits per heavy atom. The molecule has 0 aliphatic carbocycles. The summed E-state index contributed by atoms with van der Waals surface area (Å²) < 4.78 is 10.4. The number of ketones is 1. The van der Waals surface area contributed by atoms with Gasteiger partial charge in [0.05, 0.1) is 39.0 Å². The zero-order chi connectivity index (χ0) is 24.1. The van der Waals surface area contributed by atoms with Crippen LogP contribution in [-0.4, -0.2) is 57.8 Å². The van der Waals surface area contributed by atoms with Crippen LogP contribution >= 0.6 is 0 Å². The Hall–Kier alpha value is -2.90. The van der Waals surface area contributed by atoms with Crippen LogP contribution in [0.1, 0.15) is 48.3 Å². The molecule has 1 saturated heterocycles. The second-order valence-electron chi connectivity index (χ2n) is 9.64. The van der Waals surface area contributed by atoms with Crippen molar-refractivity contribution in [3.05, 3.63) is 59.2 Å². The number of carbonyl (C=O) groups excluding carboxylic acids is 2. The van der Waals surface area contributed by atoms with Gasteiger partial charge >= 0.3 is 5.97 Å². The van der Waals surface area contributed by atoms with Crippen LogP contribution in [0.25, 0.3) is 0 Å². The zero-order valence-corrected chi connectivity index (χ0v) is 20.4. The maximum atomic E-state index is 12.7. The first-order chi connectivity index (χ1) is 16.4. The molecule has 2 aromatic rings. The molecule has 0 bridgehead atoms. The highest BCUT2D eigenvalue weighted by Crippen LogP contribution is 2.45. The average Bonchev–Trinajstić information content (AvgIpc) is 2.83. The summed E-state index contributed by atoms with van der Waals surface area (Å²) in [7, 11) is 0. The van der Waals surface area contributed by atoms with E-state index in [0.29, 0.717) is 12.2 Å². The summed E-state index contributed by atoms with van der Waals surface area (Å²) in [5, 5.41) is 6.61. The molecular weight excluding hydrogens is 430 g/mol. The second-order valence-corrected chi connectivity index (χ2v) is 9.64. The minimum absolute atomic E-state index is 0.0320. The van der Waals surface area contributed by atoms with Crippen LogP contribution in [0.3, 0.4) is 0 Å². The molecule has 0 aromatic heterocycles. The zero-order valence-electron chi connectivity index (χ0n) is 20.4. The van der Waals surface area contributed by atoms with E-state index >= 15 is 0 Å². The molecule has 2 aliphatic heterocycles. The summed E-state index contributed by atoms with van der Waals surface area (Å²) in [6, 6.07) is 14.8. The maximum Gasteiger partial charge on any atom is 0.319 e. The van der Waals surface area contributed by atoms with E-state index in [1.807, 2.05) is 18.2 Å². The smallest absolute Gasteiger partial charge is 0.319 e. The van der Waals surface area contributed by atoms with Crippen LogP contribution in [0.15, 0.2) is 42.5 Å². The summed E-state index contributed by atoms with van der Waals surface area (Å²) in [6.45, 7) is 10.1. The highest BCUT2D eigenvalue weighted by Gasteiger charge is 2.36. The first-order valence-corrected chi connectivity index (χ1v) is 12.1. The third kappa shape index (κ3) is 5.59. The predicted octanol–water partition coefficient (Wildman–Crippen LogP) is 3.59. The molecule has 1 unspecified atom stereocenters. The van der Waals surface area contributed by atoms with Crippen molar-refractivity contribution in [2.75, 3.05) is 56.2 Å². The number of nitrogens with zero attached hydrogens (tertiary/aromatic N) is 1. The second kappa shape index (κ2) is 10.6. The van der Waals surface area contributed by atoms with Crippen molar-refractivity contribution in [3.8, 4) is 0 Å². The normalized spacial score (nSPS) is 19.1. The Bertz CT molecular complexity index is 1030. The van der Waals surface area contributed by atoms with Crippen molar-refractivity contribution in [2.45, 2.75) is 33.2 Å². The van der Waals surface area contributed by atoms with Crippen LogP contribution in [-0.2, 0) is 20.7 Å². The molecule has 0 saturated carbocycles. The molecule has 2 heterocycles. The number of fused-ring (bicyclic) bond motifs is 1. The van der Waals surface area contributed by atoms with Gasteiger partial charge in [-0.1, -0.05) is 26.0 Å². The van der Waals surface area contributed by atoms with Crippen LogP contribution in [0.5, 0.6) is 0 Å². The highest BCUT2D eigenvalue weighted by atomic mass is 16.5. The van der Waals surface area contributed by atoms with Crippen LogP contribution in [0.4, 0.5) is 11.4 Å². The molecular formula is C27H35N3O4. The fourth-order valence-electron chi connectivity index (χ4n) is 4.85. The molecule has 1 atom stereocenters. The molecule has 2 aromatic carbocycles. The first kappa shape index (κ1) is 24.2. The lowest BCUT2D eigenvalue weighted by Gasteiger charge is -2.42. The van der Waals surface area contributed by atoms with Gasteiger partial charge in [-0.05, 0) is 60.2 Å². The Morgan fingerprint density at radius 1 is 1.15 bits per heavy atom. The summed E-state index contributed by atoms with van der Waals surface area (Å²) in [5.74, 6) is -0.388. The van der Waals surface area contributed by atoms with E-state index in [0.717, 1.165) is 44.0 Å². The minimum atomic E-state index is -0.351. The maximum absolute atomic E-state index is 12.7. The number of esters is 1. The van der Waals surface area contributed by atoms with Gasteiger partial charge in [0.25, 0.3) is 0 Å². The fraction of sp³-hybridized carbons (Fsp3) is 0.481. The predicted molar refractivity (Wildman–Crippen MR) is 134 cm³/mol. The van der Waals surface area contributed by atoms with E-state index in [1.165, 1.54) is 11.3 Å². The van der Waals surface area contributed by atoms with Crippen LogP contribution in [0.2, 0.25) is 0 Å². The fourth-order valence-corrected chi connectivity index (χ4v) is 4.85. The number of hydrogen-bond donors (Lipinski definition) is 2. The standard InChI is InChI=1S/C27H35N3O4/c1-4-34-25(32)18-28-17-24(31)19-8-9-23-21(14-19)16-27(2,3)26(29-23)20-6-5-7-22(15-20)30-10-12-33-13-11-30/h5-9,14-15,26,28-29H,4,10-13,16-18H2,1-3H3. The van der Waals surface area contributed by atoms with Gasteiger partial charge in [0.15, 0.2) is 5.78 Å². The number of rotatable bonds is 8. The molecule has 0 radical (unpaired) electrons. The quantitative estimate of drug-likeness (QED) is 0.456. The number of benzene rings is 2. The molecule has 0 amide bonds. The third-order valence-corrected chi connectivity index (χ3v) is 6.59. The number of anilines is 2. The molecule has 34 heavy (non-hydrogen) atoms. The lowest BCUT2D eigenvalue weighted by Crippen LogP contribution is -2.37. The summed E-state index contributed by atoms with van der Waals surface area (Å²) in [4.78, 5) is 26.5. The molecule has 2 aliphatic rings. The van der Waals surface area contributed by atoms with Crippen molar-refractivity contribution in [2.24, 2.45) is 5.41 Å². The Labute approximate surface area is 201 Å². The molecule has 4 rings (SSSR count). The van der Waals surface area contributed by atoms with Gasteiger partial charge in [-0.15, -0.1) is 0 Å². The van der Waals surface area contributed by atoms with E-state index in [2.05, 4.69) is 53.6 Å². The molecule has 1 fully saturated rings. The average molecular weight is 466 g/mol. The highest BCUT2D eigenvalue weighted by molar-refractivity contribution is 5.98. The van der Waals surface area contributed by atoms with Crippen molar-refractivity contribution in [1.29, 1.82) is 0 Å². The van der Waals surface area contributed by atoms with Gasteiger partial charge in [-0.2, -0.15) is 0 Å².